The van der Waals surface area contributed by atoms with Gasteiger partial charge in [-0.2, -0.15) is 0 Å². The van der Waals surface area contributed by atoms with E-state index >= 15 is 0 Å². The molecule has 0 unspecified atom stereocenters. The molecule has 0 aliphatic heterocycles. The smallest absolute Gasteiger partial charge is 0.233 e. The second-order valence-electron chi connectivity index (χ2n) is 7.67. The average Bonchev–Trinajstić information content (AvgIpc) is 3.39. The summed E-state index contributed by atoms with van der Waals surface area (Å²) in [5.74, 6) is 1.14. The highest BCUT2D eigenvalue weighted by Crippen LogP contribution is 2.36. The molecule has 0 N–H and O–H groups in total. The Bertz CT molecular complexity index is 1130. The monoisotopic (exact) mass is 438 g/mol. The van der Waals surface area contributed by atoms with Crippen molar-refractivity contribution in [1.82, 2.24) is 4.98 Å². The third-order valence-corrected chi connectivity index (χ3v) is 6.65. The number of aryl methyl sites for hydroxylation is 1. The number of carbonyl (C=O) groups is 1. The molecule has 4 nitrogen and oxygen atoms in total. The van der Waals surface area contributed by atoms with Gasteiger partial charge in [0.25, 0.3) is 0 Å². The van der Waals surface area contributed by atoms with Gasteiger partial charge in [0.05, 0.1) is 34.5 Å². The van der Waals surface area contributed by atoms with Gasteiger partial charge in [0, 0.05) is 0 Å². The highest BCUT2D eigenvalue weighted by atomic mass is 35.5. The molecule has 0 spiro atoms. The van der Waals surface area contributed by atoms with Crippen LogP contribution >= 0.6 is 22.9 Å². The number of aromatic nitrogens is 1. The van der Waals surface area contributed by atoms with Gasteiger partial charge in [0.15, 0.2) is 5.13 Å². The molecule has 30 heavy (non-hydrogen) atoms. The van der Waals surface area contributed by atoms with Crippen molar-refractivity contribution in [3.8, 4) is 0 Å². The van der Waals surface area contributed by atoms with Gasteiger partial charge in [-0.05, 0) is 47.7 Å². The molecule has 0 saturated carbocycles. The number of hydrogen-bond acceptors (Lipinski definition) is 4. The van der Waals surface area contributed by atoms with E-state index in [1.165, 1.54) is 16.9 Å². The Morgan fingerprint density at radius 3 is 2.57 bits per heavy atom. The van der Waals surface area contributed by atoms with Crippen LogP contribution in [-0.2, 0) is 17.8 Å². The molecule has 2 heterocycles. The number of anilines is 1. The minimum Gasteiger partial charge on any atom is -0.467 e. The summed E-state index contributed by atoms with van der Waals surface area (Å²) >= 11 is 7.82. The van der Waals surface area contributed by atoms with Crippen molar-refractivity contribution in [3.63, 3.8) is 0 Å². The van der Waals surface area contributed by atoms with E-state index in [4.69, 9.17) is 21.0 Å². The molecule has 154 valence electrons. The normalized spacial score (nSPS) is 11.4. The van der Waals surface area contributed by atoms with Gasteiger partial charge in [-0.15, -0.1) is 0 Å². The van der Waals surface area contributed by atoms with Crippen LogP contribution in [0, 0.1) is 6.92 Å². The fourth-order valence-electron chi connectivity index (χ4n) is 3.32. The van der Waals surface area contributed by atoms with Crippen LogP contribution in [0.5, 0.6) is 0 Å². The SMILES string of the molecule is Cc1ccc(Cl)c2sc(N(Cc3ccco3)C(=O)Cc3ccc(C(C)C)cc3)nc12. The van der Waals surface area contributed by atoms with E-state index in [0.717, 1.165) is 21.3 Å². The Morgan fingerprint density at radius 2 is 1.93 bits per heavy atom. The molecule has 0 aliphatic carbocycles. The van der Waals surface area contributed by atoms with Crippen molar-refractivity contribution in [3.05, 3.63) is 82.3 Å². The molecular weight excluding hydrogens is 416 g/mol. The Labute approximate surface area is 185 Å². The molecule has 0 radical (unpaired) electrons. The number of furan rings is 1. The molecule has 4 rings (SSSR count). The number of fused-ring (bicyclic) bond motifs is 1. The van der Waals surface area contributed by atoms with Gasteiger partial charge in [-0.3, -0.25) is 9.69 Å². The van der Waals surface area contributed by atoms with E-state index in [9.17, 15) is 4.79 Å². The number of halogens is 1. The van der Waals surface area contributed by atoms with Crippen LogP contribution in [0.3, 0.4) is 0 Å². The largest absolute Gasteiger partial charge is 0.467 e. The molecule has 2 aromatic carbocycles. The fourth-order valence-corrected chi connectivity index (χ4v) is 4.65. The van der Waals surface area contributed by atoms with Crippen LogP contribution < -0.4 is 4.90 Å². The third-order valence-electron chi connectivity index (χ3n) is 5.11. The Hall–Kier alpha value is -2.63. The minimum atomic E-state index is -0.0310. The summed E-state index contributed by atoms with van der Waals surface area (Å²) < 4.78 is 6.40. The summed E-state index contributed by atoms with van der Waals surface area (Å²) in [6.45, 7) is 6.64. The van der Waals surface area contributed by atoms with Crippen molar-refractivity contribution in [2.45, 2.75) is 39.7 Å². The van der Waals surface area contributed by atoms with Gasteiger partial charge >= 0.3 is 0 Å². The van der Waals surface area contributed by atoms with Gasteiger partial charge in [-0.1, -0.05) is 67.1 Å². The number of benzene rings is 2. The van der Waals surface area contributed by atoms with Crippen molar-refractivity contribution in [2.24, 2.45) is 0 Å². The van der Waals surface area contributed by atoms with E-state index in [0.29, 0.717) is 34.8 Å². The van der Waals surface area contributed by atoms with Crippen molar-refractivity contribution >= 4 is 44.2 Å². The summed E-state index contributed by atoms with van der Waals surface area (Å²) in [6, 6.07) is 15.7. The molecule has 0 saturated heterocycles. The number of nitrogens with zero attached hydrogens (tertiary/aromatic N) is 2. The molecule has 1 amide bonds. The predicted molar refractivity (Wildman–Crippen MR) is 124 cm³/mol. The first kappa shape index (κ1) is 20.6. The maximum Gasteiger partial charge on any atom is 0.233 e. The third kappa shape index (κ3) is 4.27. The van der Waals surface area contributed by atoms with Gasteiger partial charge in [0.1, 0.15) is 5.76 Å². The first-order valence-electron chi connectivity index (χ1n) is 9.89. The maximum atomic E-state index is 13.3. The molecule has 0 aliphatic rings. The highest BCUT2D eigenvalue weighted by molar-refractivity contribution is 7.23. The molecular formula is C24H23ClN2O2S. The zero-order valence-corrected chi connectivity index (χ0v) is 18.8. The first-order chi connectivity index (χ1) is 14.4. The number of amides is 1. The molecule has 4 aromatic rings. The van der Waals surface area contributed by atoms with Gasteiger partial charge < -0.3 is 4.42 Å². The zero-order valence-electron chi connectivity index (χ0n) is 17.2. The van der Waals surface area contributed by atoms with E-state index < -0.39 is 0 Å². The standard InChI is InChI=1S/C24H23ClN2O2S/c1-15(2)18-9-7-17(8-10-18)13-21(28)27(14-19-5-4-12-29-19)24-26-22-16(3)6-11-20(25)23(22)30-24/h4-12,15H,13-14H2,1-3H3. The second kappa shape index (κ2) is 8.62. The second-order valence-corrected chi connectivity index (χ2v) is 9.06. The summed E-state index contributed by atoms with van der Waals surface area (Å²) in [4.78, 5) is 19.8. The molecule has 0 atom stereocenters. The molecule has 6 heteroatoms. The van der Waals surface area contributed by atoms with Crippen molar-refractivity contribution in [2.75, 3.05) is 4.90 Å². The highest BCUT2D eigenvalue weighted by Gasteiger charge is 2.23. The van der Waals surface area contributed by atoms with Gasteiger partial charge in [-0.25, -0.2) is 4.98 Å². The zero-order chi connectivity index (χ0) is 21.3. The molecule has 0 bridgehead atoms. The number of rotatable bonds is 6. The summed E-state index contributed by atoms with van der Waals surface area (Å²) in [5.41, 5.74) is 4.10. The lowest BCUT2D eigenvalue weighted by molar-refractivity contribution is -0.118. The van der Waals surface area contributed by atoms with Crippen LogP contribution in [-0.4, -0.2) is 10.9 Å². The van der Waals surface area contributed by atoms with Crippen LogP contribution in [0.15, 0.2) is 59.2 Å². The van der Waals surface area contributed by atoms with Gasteiger partial charge in [0.2, 0.25) is 5.91 Å². The lowest BCUT2D eigenvalue weighted by Crippen LogP contribution is -2.31. The summed E-state index contributed by atoms with van der Waals surface area (Å²) in [6.07, 6.45) is 1.91. The minimum absolute atomic E-state index is 0.0310. The van der Waals surface area contributed by atoms with Crippen LogP contribution in [0.1, 0.15) is 42.2 Å². The number of carbonyl (C=O) groups excluding carboxylic acids is 1. The number of thiazole rings is 1. The quantitative estimate of drug-likeness (QED) is 0.334. The Morgan fingerprint density at radius 1 is 1.17 bits per heavy atom. The van der Waals surface area contributed by atoms with E-state index in [-0.39, 0.29) is 5.91 Å². The average molecular weight is 439 g/mol. The van der Waals surface area contributed by atoms with Crippen LogP contribution in [0.2, 0.25) is 5.02 Å². The van der Waals surface area contributed by atoms with E-state index in [1.54, 1.807) is 11.2 Å². The molecule has 0 fully saturated rings. The topological polar surface area (TPSA) is 46.3 Å². The predicted octanol–water partition coefficient (Wildman–Crippen LogP) is 6.75. The van der Waals surface area contributed by atoms with Crippen molar-refractivity contribution in [1.29, 1.82) is 0 Å². The van der Waals surface area contributed by atoms with Crippen LogP contribution in [0.25, 0.3) is 10.2 Å². The van der Waals surface area contributed by atoms with Crippen molar-refractivity contribution < 1.29 is 9.21 Å². The first-order valence-corrected chi connectivity index (χ1v) is 11.1. The lowest BCUT2D eigenvalue weighted by Gasteiger charge is -2.19. The maximum absolute atomic E-state index is 13.3. The summed E-state index contributed by atoms with van der Waals surface area (Å²) in [5, 5.41) is 1.27. The van der Waals surface area contributed by atoms with Crippen LogP contribution in [0.4, 0.5) is 5.13 Å². The molecule has 2 aromatic heterocycles. The summed E-state index contributed by atoms with van der Waals surface area (Å²) in [7, 11) is 0. The Kier molecular flexibility index (Phi) is 5.93. The van der Waals surface area contributed by atoms with E-state index in [2.05, 4.69) is 26.0 Å². The van der Waals surface area contributed by atoms with E-state index in [1.807, 2.05) is 43.3 Å². The fraction of sp³-hybridized carbons (Fsp3) is 0.250. The Balaban J connectivity index is 1.66. The lowest BCUT2D eigenvalue weighted by atomic mass is 10.0. The number of hydrogen-bond donors (Lipinski definition) is 0.